The van der Waals surface area contributed by atoms with Crippen molar-refractivity contribution in [1.82, 2.24) is 5.32 Å². The van der Waals surface area contributed by atoms with Crippen LogP contribution in [0.15, 0.2) is 0 Å². The first-order valence-electron chi connectivity index (χ1n) is 13.2. The molecular formula is C26H53NO3. The number of rotatable bonds is 24. The molecule has 4 nitrogen and oxygen atoms in total. The molecule has 0 radical (unpaired) electrons. The zero-order valence-electron chi connectivity index (χ0n) is 20.4. The SMILES string of the molecule is CCCCCCCCC(CCCCCC)C(=O)OCCCCCCNCCCCO. The summed E-state index contributed by atoms with van der Waals surface area (Å²) in [6.07, 6.45) is 21.0. The van der Waals surface area contributed by atoms with E-state index in [-0.39, 0.29) is 11.9 Å². The summed E-state index contributed by atoms with van der Waals surface area (Å²) >= 11 is 0. The molecule has 0 aliphatic rings. The van der Waals surface area contributed by atoms with E-state index in [1.54, 1.807) is 0 Å². The number of hydrogen-bond acceptors (Lipinski definition) is 4. The van der Waals surface area contributed by atoms with Gasteiger partial charge in [0.15, 0.2) is 0 Å². The molecule has 30 heavy (non-hydrogen) atoms. The maximum absolute atomic E-state index is 12.6. The Labute approximate surface area is 187 Å². The van der Waals surface area contributed by atoms with Crippen LogP contribution in [-0.4, -0.2) is 37.4 Å². The molecule has 0 aromatic carbocycles. The Morgan fingerprint density at radius 3 is 1.83 bits per heavy atom. The van der Waals surface area contributed by atoms with Gasteiger partial charge in [-0.15, -0.1) is 0 Å². The summed E-state index contributed by atoms with van der Waals surface area (Å²) in [6.45, 7) is 7.40. The monoisotopic (exact) mass is 427 g/mol. The smallest absolute Gasteiger partial charge is 0.308 e. The van der Waals surface area contributed by atoms with E-state index in [1.807, 2.05) is 0 Å². The van der Waals surface area contributed by atoms with Crippen molar-refractivity contribution in [1.29, 1.82) is 0 Å². The zero-order valence-corrected chi connectivity index (χ0v) is 20.4. The first-order valence-corrected chi connectivity index (χ1v) is 13.2. The van der Waals surface area contributed by atoms with Crippen LogP contribution < -0.4 is 5.32 Å². The summed E-state index contributed by atoms with van der Waals surface area (Å²) in [7, 11) is 0. The highest BCUT2D eigenvalue weighted by Gasteiger charge is 2.19. The van der Waals surface area contributed by atoms with Crippen molar-refractivity contribution in [3.63, 3.8) is 0 Å². The molecule has 0 heterocycles. The fraction of sp³-hybridized carbons (Fsp3) is 0.962. The summed E-state index contributed by atoms with van der Waals surface area (Å²) < 4.78 is 5.65. The molecule has 2 N–H and O–H groups in total. The van der Waals surface area contributed by atoms with E-state index in [0.717, 1.165) is 58.0 Å². The van der Waals surface area contributed by atoms with Gasteiger partial charge in [-0.3, -0.25) is 4.79 Å². The van der Waals surface area contributed by atoms with Crippen molar-refractivity contribution < 1.29 is 14.6 Å². The lowest BCUT2D eigenvalue weighted by molar-refractivity contribution is -0.149. The van der Waals surface area contributed by atoms with Crippen LogP contribution in [0.2, 0.25) is 0 Å². The van der Waals surface area contributed by atoms with Gasteiger partial charge >= 0.3 is 5.97 Å². The fourth-order valence-electron chi connectivity index (χ4n) is 3.85. The molecule has 180 valence electrons. The first kappa shape index (κ1) is 29.4. The lowest BCUT2D eigenvalue weighted by Crippen LogP contribution is -2.19. The summed E-state index contributed by atoms with van der Waals surface area (Å²) in [5.74, 6) is 0.182. The minimum Gasteiger partial charge on any atom is -0.465 e. The highest BCUT2D eigenvalue weighted by molar-refractivity contribution is 5.72. The molecule has 0 aliphatic heterocycles. The number of aliphatic hydroxyl groups is 1. The van der Waals surface area contributed by atoms with Gasteiger partial charge < -0.3 is 15.2 Å². The molecule has 0 aromatic heterocycles. The molecule has 0 amide bonds. The highest BCUT2D eigenvalue weighted by Crippen LogP contribution is 2.20. The number of hydrogen-bond donors (Lipinski definition) is 2. The Balaban J connectivity index is 3.84. The molecule has 1 unspecified atom stereocenters. The number of carbonyl (C=O) groups is 1. The van der Waals surface area contributed by atoms with Gasteiger partial charge in [0, 0.05) is 6.61 Å². The second-order valence-corrected chi connectivity index (χ2v) is 8.87. The van der Waals surface area contributed by atoms with Crippen LogP contribution in [0.25, 0.3) is 0 Å². The van der Waals surface area contributed by atoms with Crippen molar-refractivity contribution in [3.8, 4) is 0 Å². The largest absolute Gasteiger partial charge is 0.465 e. The molecule has 0 spiro atoms. The van der Waals surface area contributed by atoms with E-state index in [1.165, 1.54) is 70.6 Å². The topological polar surface area (TPSA) is 58.6 Å². The molecule has 1 atom stereocenters. The third-order valence-corrected chi connectivity index (χ3v) is 5.90. The van der Waals surface area contributed by atoms with Gasteiger partial charge in [0.2, 0.25) is 0 Å². The average molecular weight is 428 g/mol. The number of esters is 1. The summed E-state index contributed by atoms with van der Waals surface area (Å²) in [6, 6.07) is 0. The van der Waals surface area contributed by atoms with Crippen molar-refractivity contribution in [2.75, 3.05) is 26.3 Å². The highest BCUT2D eigenvalue weighted by atomic mass is 16.5. The van der Waals surface area contributed by atoms with Crippen LogP contribution in [-0.2, 0) is 9.53 Å². The average Bonchev–Trinajstić information content (AvgIpc) is 2.75. The van der Waals surface area contributed by atoms with Crippen molar-refractivity contribution in [3.05, 3.63) is 0 Å². The summed E-state index contributed by atoms with van der Waals surface area (Å²) in [5.41, 5.74) is 0. The molecule has 0 saturated carbocycles. The Bertz CT molecular complexity index is 349. The van der Waals surface area contributed by atoms with E-state index >= 15 is 0 Å². The maximum Gasteiger partial charge on any atom is 0.308 e. The zero-order chi connectivity index (χ0) is 22.1. The van der Waals surface area contributed by atoms with Gasteiger partial charge in [0.1, 0.15) is 0 Å². The van der Waals surface area contributed by atoms with Gasteiger partial charge in [-0.05, 0) is 51.6 Å². The normalized spacial score (nSPS) is 12.2. The van der Waals surface area contributed by atoms with E-state index in [2.05, 4.69) is 19.2 Å². The van der Waals surface area contributed by atoms with Crippen LogP contribution in [0.1, 0.15) is 129 Å². The van der Waals surface area contributed by atoms with Crippen LogP contribution in [0.4, 0.5) is 0 Å². The van der Waals surface area contributed by atoms with Crippen molar-refractivity contribution in [2.24, 2.45) is 5.92 Å². The third kappa shape index (κ3) is 20.7. The van der Waals surface area contributed by atoms with Crippen LogP contribution in [0.5, 0.6) is 0 Å². The predicted octanol–water partition coefficient (Wildman–Crippen LogP) is 6.79. The molecule has 0 fully saturated rings. The summed E-state index contributed by atoms with van der Waals surface area (Å²) in [4.78, 5) is 12.6. The van der Waals surface area contributed by atoms with Gasteiger partial charge in [-0.1, -0.05) is 90.9 Å². The Morgan fingerprint density at radius 1 is 0.700 bits per heavy atom. The predicted molar refractivity (Wildman–Crippen MR) is 129 cm³/mol. The third-order valence-electron chi connectivity index (χ3n) is 5.90. The number of ether oxygens (including phenoxy) is 1. The van der Waals surface area contributed by atoms with E-state index in [0.29, 0.717) is 13.2 Å². The van der Waals surface area contributed by atoms with Gasteiger partial charge in [-0.2, -0.15) is 0 Å². The second kappa shape index (κ2) is 24.7. The minimum atomic E-state index is 0.0607. The van der Waals surface area contributed by atoms with Crippen molar-refractivity contribution >= 4 is 5.97 Å². The maximum atomic E-state index is 12.6. The second-order valence-electron chi connectivity index (χ2n) is 8.87. The van der Waals surface area contributed by atoms with Crippen LogP contribution in [0, 0.1) is 5.92 Å². The minimum absolute atomic E-state index is 0.0607. The summed E-state index contributed by atoms with van der Waals surface area (Å²) in [5, 5.41) is 12.2. The fourth-order valence-corrected chi connectivity index (χ4v) is 3.85. The molecule has 0 bridgehead atoms. The van der Waals surface area contributed by atoms with Crippen LogP contribution in [0.3, 0.4) is 0 Å². The molecule has 0 aliphatic carbocycles. The van der Waals surface area contributed by atoms with Crippen LogP contribution >= 0.6 is 0 Å². The Kier molecular flexibility index (Phi) is 24.2. The van der Waals surface area contributed by atoms with E-state index in [9.17, 15) is 4.79 Å². The van der Waals surface area contributed by atoms with E-state index in [4.69, 9.17) is 9.84 Å². The molecular weight excluding hydrogens is 374 g/mol. The lowest BCUT2D eigenvalue weighted by Gasteiger charge is -2.16. The molecule has 0 rings (SSSR count). The number of carbonyl (C=O) groups excluding carboxylic acids is 1. The number of nitrogens with one attached hydrogen (secondary N) is 1. The van der Waals surface area contributed by atoms with Gasteiger partial charge in [0.05, 0.1) is 12.5 Å². The first-order chi connectivity index (χ1) is 14.8. The Morgan fingerprint density at radius 2 is 1.20 bits per heavy atom. The molecule has 0 saturated heterocycles. The van der Waals surface area contributed by atoms with Gasteiger partial charge in [0.25, 0.3) is 0 Å². The molecule has 4 heteroatoms. The molecule has 0 aromatic rings. The lowest BCUT2D eigenvalue weighted by atomic mass is 9.94. The standard InChI is InChI=1S/C26H53NO3/c1-3-5-7-9-10-14-20-25(19-13-8-6-4-2)26(29)30-24-18-12-11-15-21-27-22-16-17-23-28/h25,27-28H,3-24H2,1-2H3. The van der Waals surface area contributed by atoms with E-state index < -0.39 is 0 Å². The van der Waals surface area contributed by atoms with Gasteiger partial charge in [-0.25, -0.2) is 0 Å². The number of unbranched alkanes of at least 4 members (excludes halogenated alkanes) is 12. The van der Waals surface area contributed by atoms with Crippen molar-refractivity contribution in [2.45, 2.75) is 129 Å². The quantitative estimate of drug-likeness (QED) is 0.131. The Hall–Kier alpha value is -0.610. The number of aliphatic hydroxyl groups excluding tert-OH is 1.